The zero-order valence-corrected chi connectivity index (χ0v) is 29.0. The first kappa shape index (κ1) is 31.8. The minimum Gasteiger partial charge on any atom is -0.414 e. The van der Waals surface area contributed by atoms with Gasteiger partial charge in [-0.25, -0.2) is 0 Å². The lowest BCUT2D eigenvalue weighted by molar-refractivity contribution is 0.0468. The summed E-state index contributed by atoms with van der Waals surface area (Å²) < 4.78 is 14.4. The minimum absolute atomic E-state index is 0.165. The standard InChI is InChI=1S/C32H50O2S2Si2/c1-31(2,3)37(7,8)33-26-21-25(23-35-27-17-13-11-14-18-27)29(24-36-28-19-15-12-16-20-28)30(22-26)34-38(9,10)32(4,5)6/h11-20,23,26,29-30H,21-22,24H2,1-10H3/b25-23+/t26-,29-,30+/m1/s1. The molecule has 0 saturated heterocycles. The van der Waals surface area contributed by atoms with Gasteiger partial charge in [0.15, 0.2) is 16.6 Å². The summed E-state index contributed by atoms with van der Waals surface area (Å²) in [6.45, 7) is 23.6. The Morgan fingerprint density at radius 3 is 1.79 bits per heavy atom. The van der Waals surface area contributed by atoms with Gasteiger partial charge in [0.05, 0.1) is 12.2 Å². The van der Waals surface area contributed by atoms with Crippen molar-refractivity contribution >= 4 is 40.2 Å². The van der Waals surface area contributed by atoms with E-state index in [1.54, 1.807) is 0 Å². The molecular weight excluding hydrogens is 537 g/mol. The Morgan fingerprint density at radius 2 is 1.26 bits per heavy atom. The molecule has 0 aromatic heterocycles. The van der Waals surface area contributed by atoms with Crippen LogP contribution in [0.3, 0.4) is 0 Å². The van der Waals surface area contributed by atoms with E-state index >= 15 is 0 Å². The van der Waals surface area contributed by atoms with E-state index in [4.69, 9.17) is 8.85 Å². The van der Waals surface area contributed by atoms with Crippen molar-refractivity contribution in [2.45, 2.75) is 113 Å². The molecule has 38 heavy (non-hydrogen) atoms. The summed E-state index contributed by atoms with van der Waals surface area (Å²) in [7, 11) is -3.88. The average molecular weight is 587 g/mol. The van der Waals surface area contributed by atoms with Crippen molar-refractivity contribution in [2.24, 2.45) is 5.92 Å². The van der Waals surface area contributed by atoms with Crippen molar-refractivity contribution < 1.29 is 8.85 Å². The first-order chi connectivity index (χ1) is 17.6. The highest BCUT2D eigenvalue weighted by Gasteiger charge is 2.46. The molecule has 2 aromatic rings. The summed E-state index contributed by atoms with van der Waals surface area (Å²) >= 11 is 3.81. The van der Waals surface area contributed by atoms with E-state index in [0.717, 1.165) is 18.6 Å². The highest BCUT2D eigenvalue weighted by atomic mass is 32.2. The Balaban J connectivity index is 1.97. The van der Waals surface area contributed by atoms with Crippen molar-refractivity contribution in [3.8, 4) is 0 Å². The normalized spacial score (nSPS) is 22.6. The molecule has 0 aliphatic heterocycles. The molecule has 2 aromatic carbocycles. The van der Waals surface area contributed by atoms with Crippen LogP contribution in [0.2, 0.25) is 36.3 Å². The first-order valence-electron chi connectivity index (χ1n) is 14.0. The minimum atomic E-state index is -1.97. The molecule has 0 heterocycles. The summed E-state index contributed by atoms with van der Waals surface area (Å²) in [5.74, 6) is 1.39. The summed E-state index contributed by atoms with van der Waals surface area (Å²) in [4.78, 5) is 2.61. The van der Waals surface area contributed by atoms with Crippen molar-refractivity contribution in [2.75, 3.05) is 5.75 Å². The van der Waals surface area contributed by atoms with Gasteiger partial charge in [0.1, 0.15) is 0 Å². The maximum Gasteiger partial charge on any atom is 0.192 e. The van der Waals surface area contributed by atoms with E-state index in [2.05, 4.69) is 134 Å². The Hall–Kier alpha value is -0.766. The smallest absolute Gasteiger partial charge is 0.192 e. The first-order valence-corrected chi connectivity index (χ1v) is 21.7. The molecule has 1 aliphatic rings. The largest absolute Gasteiger partial charge is 0.414 e. The van der Waals surface area contributed by atoms with E-state index < -0.39 is 16.6 Å². The van der Waals surface area contributed by atoms with Gasteiger partial charge in [-0.2, -0.15) is 0 Å². The third kappa shape index (κ3) is 8.61. The molecule has 1 saturated carbocycles. The molecule has 0 N–H and O–H groups in total. The molecule has 3 atom stereocenters. The van der Waals surface area contributed by atoms with Gasteiger partial charge in [0.25, 0.3) is 0 Å². The molecule has 0 amide bonds. The van der Waals surface area contributed by atoms with Crippen LogP contribution < -0.4 is 0 Å². The number of rotatable bonds is 9. The van der Waals surface area contributed by atoms with Crippen molar-refractivity contribution in [1.82, 2.24) is 0 Å². The Kier molecular flexibility index (Phi) is 10.7. The zero-order valence-electron chi connectivity index (χ0n) is 25.3. The van der Waals surface area contributed by atoms with Crippen LogP contribution in [0.15, 0.2) is 81.4 Å². The van der Waals surface area contributed by atoms with Gasteiger partial charge in [0.2, 0.25) is 0 Å². The number of hydrogen-bond donors (Lipinski definition) is 0. The van der Waals surface area contributed by atoms with Gasteiger partial charge in [-0.1, -0.05) is 95.3 Å². The predicted molar refractivity (Wildman–Crippen MR) is 174 cm³/mol. The summed E-state index contributed by atoms with van der Waals surface area (Å²) in [5, 5.41) is 2.78. The van der Waals surface area contributed by atoms with Crippen LogP contribution in [0.5, 0.6) is 0 Å². The van der Waals surface area contributed by atoms with Crippen LogP contribution in [-0.2, 0) is 8.85 Å². The third-order valence-electron chi connectivity index (χ3n) is 8.67. The van der Waals surface area contributed by atoms with E-state index in [1.165, 1.54) is 15.4 Å². The highest BCUT2D eigenvalue weighted by Crippen LogP contribution is 2.46. The summed E-state index contributed by atoms with van der Waals surface area (Å²) in [5.41, 5.74) is 1.49. The van der Waals surface area contributed by atoms with Gasteiger partial charge >= 0.3 is 0 Å². The maximum atomic E-state index is 7.27. The second kappa shape index (κ2) is 12.8. The molecule has 6 heteroatoms. The second-order valence-electron chi connectivity index (χ2n) is 13.7. The second-order valence-corrected chi connectivity index (χ2v) is 25.3. The molecule has 0 bridgehead atoms. The van der Waals surface area contributed by atoms with Crippen molar-refractivity contribution in [3.63, 3.8) is 0 Å². The quantitative estimate of drug-likeness (QED) is 0.215. The highest BCUT2D eigenvalue weighted by molar-refractivity contribution is 8.02. The molecule has 1 fully saturated rings. The lowest BCUT2D eigenvalue weighted by Crippen LogP contribution is -2.51. The van der Waals surface area contributed by atoms with Gasteiger partial charge in [0, 0.05) is 21.5 Å². The SMILES string of the molecule is CC(C)(C)[Si](C)(C)O[C@@H]1C/C(=C\Sc2ccccc2)[C@@H](CSc2ccccc2)[C@@H](O[Si](C)(C)C(C)(C)C)C1. The Morgan fingerprint density at radius 1 is 0.763 bits per heavy atom. The van der Waals surface area contributed by atoms with Gasteiger partial charge in [-0.15, -0.1) is 11.8 Å². The fourth-order valence-corrected chi connectivity index (χ4v) is 8.98. The maximum absolute atomic E-state index is 7.27. The average Bonchev–Trinajstić information content (AvgIpc) is 2.81. The summed E-state index contributed by atoms with van der Waals surface area (Å²) in [6, 6.07) is 21.6. The fraction of sp³-hybridized carbons (Fsp3) is 0.562. The molecular formula is C32H50O2S2Si2. The molecule has 0 radical (unpaired) electrons. The van der Waals surface area contributed by atoms with Crippen molar-refractivity contribution in [1.29, 1.82) is 0 Å². The number of benzene rings is 2. The van der Waals surface area contributed by atoms with E-state index in [0.29, 0.717) is 5.92 Å². The van der Waals surface area contributed by atoms with Crippen LogP contribution in [0.1, 0.15) is 54.4 Å². The monoisotopic (exact) mass is 586 g/mol. The third-order valence-corrected chi connectivity index (χ3v) is 19.8. The number of thioether (sulfide) groups is 2. The molecule has 0 unspecified atom stereocenters. The fourth-order valence-electron chi connectivity index (χ4n) is 4.22. The van der Waals surface area contributed by atoms with Gasteiger partial charge in [-0.3, -0.25) is 0 Å². The van der Waals surface area contributed by atoms with Crippen LogP contribution >= 0.6 is 23.5 Å². The van der Waals surface area contributed by atoms with Gasteiger partial charge in [-0.05, 0) is 78.8 Å². The number of hydrogen-bond acceptors (Lipinski definition) is 4. The topological polar surface area (TPSA) is 18.5 Å². The molecule has 0 spiro atoms. The van der Waals surface area contributed by atoms with Crippen molar-refractivity contribution in [3.05, 3.63) is 71.6 Å². The lowest BCUT2D eigenvalue weighted by Gasteiger charge is -2.47. The molecule has 3 rings (SSSR count). The molecule has 210 valence electrons. The van der Waals surface area contributed by atoms with E-state index in [9.17, 15) is 0 Å². The van der Waals surface area contributed by atoms with Gasteiger partial charge < -0.3 is 8.85 Å². The molecule has 2 nitrogen and oxygen atoms in total. The van der Waals surface area contributed by atoms with E-state index in [1.807, 2.05) is 23.5 Å². The van der Waals surface area contributed by atoms with Crippen LogP contribution in [0.4, 0.5) is 0 Å². The van der Waals surface area contributed by atoms with Crippen LogP contribution in [0.25, 0.3) is 0 Å². The zero-order chi connectivity index (χ0) is 28.2. The Labute approximate surface area is 244 Å². The lowest BCUT2D eigenvalue weighted by atomic mass is 9.82. The Bertz CT molecular complexity index is 1040. The van der Waals surface area contributed by atoms with E-state index in [-0.39, 0.29) is 22.3 Å². The predicted octanol–water partition coefficient (Wildman–Crippen LogP) is 10.6. The summed E-state index contributed by atoms with van der Waals surface area (Å²) in [6.07, 6.45) is 2.33. The van der Waals surface area contributed by atoms with Crippen LogP contribution in [0, 0.1) is 5.92 Å². The molecule has 1 aliphatic carbocycles. The van der Waals surface area contributed by atoms with Crippen LogP contribution in [-0.4, -0.2) is 34.6 Å².